The Morgan fingerprint density at radius 2 is 1.95 bits per heavy atom. The van der Waals surface area contributed by atoms with Gasteiger partial charge in [0.15, 0.2) is 0 Å². The van der Waals surface area contributed by atoms with E-state index in [0.29, 0.717) is 11.1 Å². The lowest BCUT2D eigenvalue weighted by Gasteiger charge is -2.08. The predicted octanol–water partition coefficient (Wildman–Crippen LogP) is 3.42. The average molecular weight is 286 g/mol. The number of hydrogen-bond donors (Lipinski definition) is 0. The van der Waals surface area contributed by atoms with Gasteiger partial charge in [-0.2, -0.15) is 0 Å². The van der Waals surface area contributed by atoms with Gasteiger partial charge in [-0.05, 0) is 43.5 Å². The van der Waals surface area contributed by atoms with E-state index in [1.54, 1.807) is 6.08 Å². The number of esters is 1. The molecule has 0 bridgehead atoms. The van der Waals surface area contributed by atoms with E-state index in [0.717, 1.165) is 22.9 Å². The molecule has 0 spiro atoms. The molecule has 110 valence electrons. The van der Waals surface area contributed by atoms with Crippen molar-refractivity contribution in [1.82, 2.24) is 0 Å². The largest absolute Gasteiger partial charge is 0.458 e. The molecular weight excluding hydrogens is 268 g/mol. The van der Waals surface area contributed by atoms with Gasteiger partial charge in [0.25, 0.3) is 0 Å². The first-order valence-electron chi connectivity index (χ1n) is 6.88. The van der Waals surface area contributed by atoms with E-state index in [4.69, 9.17) is 9.15 Å². The van der Waals surface area contributed by atoms with Crippen LogP contribution in [0, 0.1) is 13.8 Å². The molecule has 2 aromatic rings. The quantitative estimate of drug-likeness (QED) is 0.491. The van der Waals surface area contributed by atoms with Crippen molar-refractivity contribution in [2.24, 2.45) is 0 Å². The van der Waals surface area contributed by atoms with Crippen LogP contribution < -0.4 is 5.63 Å². The van der Waals surface area contributed by atoms with E-state index in [1.165, 1.54) is 12.1 Å². The number of carbonyl (C=O) groups is 1. The summed E-state index contributed by atoms with van der Waals surface area (Å²) >= 11 is 0. The zero-order valence-electron chi connectivity index (χ0n) is 12.4. The van der Waals surface area contributed by atoms with Crippen molar-refractivity contribution in [3.05, 3.63) is 57.5 Å². The van der Waals surface area contributed by atoms with Crippen LogP contribution in [0.1, 0.15) is 30.0 Å². The van der Waals surface area contributed by atoms with E-state index in [1.807, 2.05) is 32.9 Å². The van der Waals surface area contributed by atoms with Crippen LogP contribution in [-0.2, 0) is 16.1 Å². The van der Waals surface area contributed by atoms with Crippen LogP contribution in [0.25, 0.3) is 11.0 Å². The molecule has 0 saturated heterocycles. The van der Waals surface area contributed by atoms with Gasteiger partial charge in [-0.25, -0.2) is 9.59 Å². The van der Waals surface area contributed by atoms with Crippen molar-refractivity contribution in [3.63, 3.8) is 0 Å². The molecule has 0 unspecified atom stereocenters. The summed E-state index contributed by atoms with van der Waals surface area (Å²) in [5.74, 6) is -0.415. The molecule has 1 heterocycles. The first-order chi connectivity index (χ1) is 10.0. The molecule has 0 fully saturated rings. The fourth-order valence-electron chi connectivity index (χ4n) is 2.01. The highest BCUT2D eigenvalue weighted by Crippen LogP contribution is 2.22. The standard InChI is InChI=1S/C17H18O4/c1-4-5-6-16(18)20-10-13-9-17(19)21-15-8-12(3)11(2)7-14(13)15/h5-9H,4,10H2,1-3H3/b6-5+. The van der Waals surface area contributed by atoms with Crippen LogP contribution >= 0.6 is 0 Å². The SMILES string of the molecule is CC/C=C/C(=O)OCc1cc(=O)oc2cc(C)c(C)cc12. The number of benzene rings is 1. The smallest absolute Gasteiger partial charge is 0.336 e. The molecule has 0 saturated carbocycles. The number of hydrogen-bond acceptors (Lipinski definition) is 4. The third-order valence-corrected chi connectivity index (χ3v) is 3.30. The highest BCUT2D eigenvalue weighted by molar-refractivity contribution is 5.84. The molecule has 1 aromatic carbocycles. The number of fused-ring (bicyclic) bond motifs is 1. The minimum atomic E-state index is -0.444. The summed E-state index contributed by atoms with van der Waals surface area (Å²) in [5, 5.41) is 0.796. The summed E-state index contributed by atoms with van der Waals surface area (Å²) in [6.45, 7) is 5.93. The van der Waals surface area contributed by atoms with E-state index in [9.17, 15) is 9.59 Å². The molecule has 1 aromatic heterocycles. The third kappa shape index (κ3) is 3.60. The van der Waals surface area contributed by atoms with E-state index >= 15 is 0 Å². The fraction of sp³-hybridized carbons (Fsp3) is 0.294. The number of aryl methyl sites for hydroxylation is 2. The first kappa shape index (κ1) is 15.0. The summed E-state index contributed by atoms with van der Waals surface area (Å²) in [4.78, 5) is 23.1. The van der Waals surface area contributed by atoms with Crippen LogP contribution in [0.5, 0.6) is 0 Å². The molecule has 0 N–H and O–H groups in total. The second kappa shape index (κ2) is 6.39. The maximum atomic E-state index is 11.6. The number of allylic oxidation sites excluding steroid dienone is 1. The van der Waals surface area contributed by atoms with Gasteiger partial charge in [-0.3, -0.25) is 0 Å². The fourth-order valence-corrected chi connectivity index (χ4v) is 2.01. The zero-order chi connectivity index (χ0) is 15.4. The van der Waals surface area contributed by atoms with Crippen molar-refractivity contribution < 1.29 is 13.9 Å². The van der Waals surface area contributed by atoms with Gasteiger partial charge >= 0.3 is 11.6 Å². The Labute approximate surface area is 123 Å². The lowest BCUT2D eigenvalue weighted by molar-refractivity contribution is -0.138. The minimum Gasteiger partial charge on any atom is -0.458 e. The maximum absolute atomic E-state index is 11.6. The average Bonchev–Trinajstić information content (AvgIpc) is 2.44. The van der Waals surface area contributed by atoms with E-state index in [-0.39, 0.29) is 6.61 Å². The molecule has 4 heteroatoms. The van der Waals surface area contributed by atoms with Gasteiger partial charge in [-0.1, -0.05) is 13.0 Å². The zero-order valence-corrected chi connectivity index (χ0v) is 12.4. The van der Waals surface area contributed by atoms with E-state index in [2.05, 4.69) is 0 Å². The lowest BCUT2D eigenvalue weighted by Crippen LogP contribution is -2.06. The number of ether oxygens (including phenoxy) is 1. The Bertz CT molecular complexity index is 753. The summed E-state index contributed by atoms with van der Waals surface area (Å²) < 4.78 is 10.4. The molecule has 4 nitrogen and oxygen atoms in total. The van der Waals surface area contributed by atoms with Crippen LogP contribution in [0.15, 0.2) is 39.6 Å². The monoisotopic (exact) mass is 286 g/mol. The molecule has 0 atom stereocenters. The Balaban J connectivity index is 2.35. The summed E-state index contributed by atoms with van der Waals surface area (Å²) in [6, 6.07) is 5.14. The Hall–Kier alpha value is -2.36. The van der Waals surface area contributed by atoms with Crippen molar-refractivity contribution in [2.45, 2.75) is 33.8 Å². The second-order valence-corrected chi connectivity index (χ2v) is 4.94. The summed E-state index contributed by atoms with van der Waals surface area (Å²) in [5.41, 5.74) is 2.87. The number of carbonyl (C=O) groups excluding carboxylic acids is 1. The van der Waals surface area contributed by atoms with Crippen LogP contribution in [-0.4, -0.2) is 5.97 Å². The van der Waals surface area contributed by atoms with Crippen molar-refractivity contribution in [3.8, 4) is 0 Å². The Morgan fingerprint density at radius 3 is 2.67 bits per heavy atom. The Morgan fingerprint density at radius 1 is 1.24 bits per heavy atom. The maximum Gasteiger partial charge on any atom is 0.336 e. The third-order valence-electron chi connectivity index (χ3n) is 3.30. The van der Waals surface area contributed by atoms with Crippen molar-refractivity contribution in [2.75, 3.05) is 0 Å². The highest BCUT2D eigenvalue weighted by atomic mass is 16.5. The van der Waals surface area contributed by atoms with Crippen LogP contribution in [0.2, 0.25) is 0 Å². The first-order valence-corrected chi connectivity index (χ1v) is 6.88. The highest BCUT2D eigenvalue weighted by Gasteiger charge is 2.09. The van der Waals surface area contributed by atoms with Gasteiger partial charge < -0.3 is 9.15 Å². The van der Waals surface area contributed by atoms with E-state index < -0.39 is 11.6 Å². The normalized spacial score (nSPS) is 11.2. The molecule has 0 aliphatic carbocycles. The van der Waals surface area contributed by atoms with Gasteiger partial charge in [0.05, 0.1) is 0 Å². The molecule has 0 radical (unpaired) electrons. The van der Waals surface area contributed by atoms with Gasteiger partial charge in [0.1, 0.15) is 12.2 Å². The van der Waals surface area contributed by atoms with Crippen molar-refractivity contribution in [1.29, 1.82) is 0 Å². The molecule has 0 amide bonds. The summed E-state index contributed by atoms with van der Waals surface area (Å²) in [7, 11) is 0. The molecular formula is C17H18O4. The molecule has 21 heavy (non-hydrogen) atoms. The Kier molecular flexibility index (Phi) is 4.58. The molecule has 2 rings (SSSR count). The predicted molar refractivity (Wildman–Crippen MR) is 81.2 cm³/mol. The summed E-state index contributed by atoms with van der Waals surface area (Å²) in [6.07, 6.45) is 3.89. The van der Waals surface area contributed by atoms with Gasteiger partial charge in [0.2, 0.25) is 0 Å². The second-order valence-electron chi connectivity index (χ2n) is 4.94. The van der Waals surface area contributed by atoms with Crippen molar-refractivity contribution >= 4 is 16.9 Å². The number of rotatable bonds is 4. The minimum absolute atomic E-state index is 0.0531. The molecule has 0 aliphatic heterocycles. The lowest BCUT2D eigenvalue weighted by atomic mass is 10.0. The van der Waals surface area contributed by atoms with Gasteiger partial charge in [-0.15, -0.1) is 0 Å². The van der Waals surface area contributed by atoms with Crippen LogP contribution in [0.3, 0.4) is 0 Å². The topological polar surface area (TPSA) is 56.5 Å². The van der Waals surface area contributed by atoms with Gasteiger partial charge in [0, 0.05) is 23.1 Å². The van der Waals surface area contributed by atoms with Crippen LogP contribution in [0.4, 0.5) is 0 Å². The molecule has 0 aliphatic rings.